The Hall–Kier alpha value is -0.610. The lowest BCUT2D eigenvalue weighted by atomic mass is 9.94. The Balaban J connectivity index is 2.06. The van der Waals surface area contributed by atoms with Crippen LogP contribution in [0.15, 0.2) is 29.2 Å². The SMILES string of the molecule is CCN(C1CCCCC1)C(C)Sc1ccccc1C(F)F. The molecule has 0 N–H and O–H groups in total. The van der Waals surface area contributed by atoms with Gasteiger partial charge in [0, 0.05) is 16.5 Å². The summed E-state index contributed by atoms with van der Waals surface area (Å²) in [5.74, 6) is 0. The summed E-state index contributed by atoms with van der Waals surface area (Å²) in [5, 5.41) is 0.234. The molecule has 1 fully saturated rings. The number of rotatable bonds is 6. The fourth-order valence-electron chi connectivity index (χ4n) is 3.24. The van der Waals surface area contributed by atoms with Crippen molar-refractivity contribution < 1.29 is 8.78 Å². The topological polar surface area (TPSA) is 3.24 Å². The molecule has 1 aliphatic carbocycles. The average molecular weight is 313 g/mol. The van der Waals surface area contributed by atoms with Crippen molar-refractivity contribution in [1.82, 2.24) is 4.90 Å². The third-order valence-electron chi connectivity index (χ3n) is 4.33. The molecule has 0 radical (unpaired) electrons. The molecule has 0 amide bonds. The molecule has 0 bridgehead atoms. The van der Waals surface area contributed by atoms with Crippen molar-refractivity contribution in [2.24, 2.45) is 0 Å². The van der Waals surface area contributed by atoms with Crippen LogP contribution < -0.4 is 0 Å². The van der Waals surface area contributed by atoms with Crippen LogP contribution in [-0.2, 0) is 0 Å². The summed E-state index contributed by atoms with van der Waals surface area (Å²) >= 11 is 1.57. The van der Waals surface area contributed by atoms with Gasteiger partial charge in [-0.15, -0.1) is 11.8 Å². The maximum atomic E-state index is 13.1. The second-order valence-electron chi connectivity index (χ2n) is 5.68. The molecule has 0 aliphatic heterocycles. The Morgan fingerprint density at radius 3 is 2.48 bits per heavy atom. The van der Waals surface area contributed by atoms with Gasteiger partial charge in [0.1, 0.15) is 0 Å². The van der Waals surface area contributed by atoms with Crippen LogP contribution in [-0.4, -0.2) is 22.9 Å². The summed E-state index contributed by atoms with van der Waals surface area (Å²) in [7, 11) is 0. The van der Waals surface area contributed by atoms with Crippen LogP contribution >= 0.6 is 11.8 Å². The summed E-state index contributed by atoms with van der Waals surface area (Å²) in [5.41, 5.74) is 0.161. The molecule has 21 heavy (non-hydrogen) atoms. The van der Waals surface area contributed by atoms with Crippen LogP contribution in [0.25, 0.3) is 0 Å². The third kappa shape index (κ3) is 4.43. The lowest BCUT2D eigenvalue weighted by Crippen LogP contribution is -2.41. The molecule has 1 nitrogen and oxygen atoms in total. The Bertz CT molecular complexity index is 433. The van der Waals surface area contributed by atoms with Gasteiger partial charge in [0.05, 0.1) is 5.37 Å². The van der Waals surface area contributed by atoms with E-state index < -0.39 is 6.43 Å². The number of alkyl halides is 2. The van der Waals surface area contributed by atoms with E-state index in [1.807, 2.05) is 12.1 Å². The van der Waals surface area contributed by atoms with E-state index in [1.165, 1.54) is 38.2 Å². The summed E-state index contributed by atoms with van der Waals surface area (Å²) in [4.78, 5) is 3.20. The van der Waals surface area contributed by atoms with E-state index in [2.05, 4.69) is 18.7 Å². The third-order valence-corrected chi connectivity index (χ3v) is 5.57. The predicted molar refractivity (Wildman–Crippen MR) is 86.0 cm³/mol. The summed E-state index contributed by atoms with van der Waals surface area (Å²) < 4.78 is 26.2. The molecule has 1 aromatic carbocycles. The number of benzene rings is 1. The van der Waals surface area contributed by atoms with Gasteiger partial charge in [-0.2, -0.15) is 0 Å². The summed E-state index contributed by atoms with van der Waals surface area (Å²) in [6.07, 6.45) is 4.03. The van der Waals surface area contributed by atoms with Gasteiger partial charge < -0.3 is 0 Å². The molecular formula is C17H25F2NS. The van der Waals surface area contributed by atoms with Crippen LogP contribution in [0.3, 0.4) is 0 Å². The van der Waals surface area contributed by atoms with E-state index in [1.54, 1.807) is 17.8 Å². The Morgan fingerprint density at radius 2 is 1.86 bits per heavy atom. The van der Waals surface area contributed by atoms with Crippen molar-refractivity contribution in [1.29, 1.82) is 0 Å². The Labute approximate surface area is 131 Å². The van der Waals surface area contributed by atoms with Crippen LogP contribution in [0.2, 0.25) is 0 Å². The maximum absolute atomic E-state index is 13.1. The van der Waals surface area contributed by atoms with Crippen molar-refractivity contribution in [3.8, 4) is 0 Å². The first-order valence-electron chi connectivity index (χ1n) is 7.93. The molecule has 2 rings (SSSR count). The normalized spacial score (nSPS) is 18.4. The fraction of sp³-hybridized carbons (Fsp3) is 0.647. The molecule has 118 valence electrons. The van der Waals surface area contributed by atoms with Gasteiger partial charge in [0.2, 0.25) is 0 Å². The number of halogens is 2. The lowest BCUT2D eigenvalue weighted by molar-refractivity contribution is 0.147. The van der Waals surface area contributed by atoms with E-state index >= 15 is 0 Å². The number of hydrogen-bond donors (Lipinski definition) is 0. The van der Waals surface area contributed by atoms with E-state index in [4.69, 9.17) is 0 Å². The molecular weight excluding hydrogens is 288 g/mol. The zero-order valence-electron chi connectivity index (χ0n) is 12.9. The Morgan fingerprint density at radius 1 is 1.19 bits per heavy atom. The molecule has 1 saturated carbocycles. The van der Waals surface area contributed by atoms with Gasteiger partial charge in [-0.1, -0.05) is 44.4 Å². The molecule has 0 aromatic heterocycles. The van der Waals surface area contributed by atoms with Crippen molar-refractivity contribution in [3.63, 3.8) is 0 Å². The minimum atomic E-state index is -2.40. The first kappa shape index (κ1) is 16.8. The number of hydrogen-bond acceptors (Lipinski definition) is 2. The predicted octanol–water partition coefficient (Wildman–Crippen LogP) is 5.72. The average Bonchev–Trinajstić information content (AvgIpc) is 2.49. The zero-order valence-corrected chi connectivity index (χ0v) is 13.7. The number of thioether (sulfide) groups is 1. The minimum Gasteiger partial charge on any atom is -0.289 e. The van der Waals surface area contributed by atoms with Gasteiger partial charge >= 0.3 is 0 Å². The molecule has 4 heteroatoms. The van der Waals surface area contributed by atoms with Crippen molar-refractivity contribution in [2.45, 2.75) is 68.7 Å². The molecule has 0 saturated heterocycles. The van der Waals surface area contributed by atoms with E-state index in [-0.39, 0.29) is 10.9 Å². The highest BCUT2D eigenvalue weighted by Gasteiger charge is 2.25. The highest BCUT2D eigenvalue weighted by Crippen LogP contribution is 2.35. The van der Waals surface area contributed by atoms with E-state index in [0.29, 0.717) is 10.9 Å². The fourth-order valence-corrected chi connectivity index (χ4v) is 4.52. The van der Waals surface area contributed by atoms with Gasteiger partial charge in [0.15, 0.2) is 0 Å². The van der Waals surface area contributed by atoms with E-state index in [9.17, 15) is 8.78 Å². The molecule has 0 heterocycles. The number of nitrogens with zero attached hydrogens (tertiary/aromatic N) is 1. The summed E-state index contributed by atoms with van der Waals surface area (Å²) in [6, 6.07) is 7.51. The first-order chi connectivity index (χ1) is 10.1. The van der Waals surface area contributed by atoms with Gasteiger partial charge in [0.25, 0.3) is 6.43 Å². The van der Waals surface area contributed by atoms with E-state index in [0.717, 1.165) is 6.54 Å². The second kappa shape index (κ2) is 8.14. The van der Waals surface area contributed by atoms with Crippen LogP contribution in [0.5, 0.6) is 0 Å². The molecule has 1 aromatic rings. The van der Waals surface area contributed by atoms with Crippen molar-refractivity contribution in [2.75, 3.05) is 6.54 Å². The van der Waals surface area contributed by atoms with Crippen LogP contribution in [0.1, 0.15) is 57.9 Å². The zero-order chi connectivity index (χ0) is 15.2. The lowest BCUT2D eigenvalue weighted by Gasteiger charge is -2.37. The Kier molecular flexibility index (Phi) is 6.49. The highest BCUT2D eigenvalue weighted by molar-refractivity contribution is 7.99. The maximum Gasteiger partial charge on any atom is 0.264 e. The smallest absolute Gasteiger partial charge is 0.264 e. The largest absolute Gasteiger partial charge is 0.289 e. The molecule has 1 atom stereocenters. The quantitative estimate of drug-likeness (QED) is 0.488. The van der Waals surface area contributed by atoms with Gasteiger partial charge in [-0.25, -0.2) is 8.78 Å². The molecule has 0 spiro atoms. The van der Waals surface area contributed by atoms with Crippen LogP contribution in [0, 0.1) is 0 Å². The standard InChI is InChI=1S/C17H25F2NS/c1-3-20(14-9-5-4-6-10-14)13(2)21-16-12-8-7-11-15(16)17(18)19/h7-8,11-14,17H,3-6,9-10H2,1-2H3. The highest BCUT2D eigenvalue weighted by atomic mass is 32.2. The molecule has 1 unspecified atom stereocenters. The van der Waals surface area contributed by atoms with Gasteiger partial charge in [-0.05, 0) is 32.4 Å². The van der Waals surface area contributed by atoms with Gasteiger partial charge in [-0.3, -0.25) is 4.90 Å². The van der Waals surface area contributed by atoms with Crippen LogP contribution in [0.4, 0.5) is 8.78 Å². The van der Waals surface area contributed by atoms with Crippen molar-refractivity contribution >= 4 is 11.8 Å². The summed E-state index contributed by atoms with van der Waals surface area (Å²) in [6.45, 7) is 5.30. The van der Waals surface area contributed by atoms with Crippen molar-refractivity contribution in [3.05, 3.63) is 29.8 Å². The minimum absolute atomic E-state index is 0.161. The second-order valence-corrected chi connectivity index (χ2v) is 7.04. The monoisotopic (exact) mass is 313 g/mol. The first-order valence-corrected chi connectivity index (χ1v) is 8.81. The molecule has 1 aliphatic rings.